The molecule has 0 atom stereocenters. The number of rotatable bonds is 0. The van der Waals surface area contributed by atoms with Gasteiger partial charge in [0.15, 0.2) is 0 Å². The van der Waals surface area contributed by atoms with Crippen LogP contribution in [-0.2, 0) is 0 Å². The second-order valence-electron chi connectivity index (χ2n) is 3.69. The van der Waals surface area contributed by atoms with Gasteiger partial charge >= 0.3 is 6.18 Å². The molecular formula is C9H11F3. The largest absolute Gasteiger partial charge is 0.416 e. The van der Waals surface area contributed by atoms with Crippen LogP contribution in [-0.4, -0.2) is 6.18 Å². The Labute approximate surface area is 69.8 Å². The van der Waals surface area contributed by atoms with E-state index in [9.17, 15) is 13.2 Å². The summed E-state index contributed by atoms with van der Waals surface area (Å²) in [6.45, 7) is 3.59. The van der Waals surface area contributed by atoms with E-state index in [4.69, 9.17) is 0 Å². The van der Waals surface area contributed by atoms with Gasteiger partial charge in [0.2, 0.25) is 0 Å². The Hall–Kier alpha value is -0.730. The monoisotopic (exact) mass is 176 g/mol. The van der Waals surface area contributed by atoms with Crippen molar-refractivity contribution in [3.8, 4) is 0 Å². The molecular weight excluding hydrogens is 165 g/mol. The van der Waals surface area contributed by atoms with E-state index >= 15 is 0 Å². The van der Waals surface area contributed by atoms with Crippen molar-refractivity contribution >= 4 is 0 Å². The molecule has 3 heteroatoms. The fourth-order valence-electron chi connectivity index (χ4n) is 1.19. The van der Waals surface area contributed by atoms with Gasteiger partial charge in [0.1, 0.15) is 0 Å². The summed E-state index contributed by atoms with van der Waals surface area (Å²) < 4.78 is 36.5. The third-order valence-electron chi connectivity index (χ3n) is 1.81. The lowest BCUT2D eigenvalue weighted by Gasteiger charge is -2.24. The van der Waals surface area contributed by atoms with Crippen LogP contribution in [0.25, 0.3) is 0 Å². The maximum atomic E-state index is 12.2. The van der Waals surface area contributed by atoms with Crippen molar-refractivity contribution < 1.29 is 13.2 Å². The van der Waals surface area contributed by atoms with Gasteiger partial charge in [-0.25, -0.2) is 0 Å². The minimum absolute atomic E-state index is 0.362. The van der Waals surface area contributed by atoms with E-state index in [-0.39, 0.29) is 5.41 Å². The molecule has 0 saturated heterocycles. The van der Waals surface area contributed by atoms with E-state index in [2.05, 4.69) is 0 Å². The van der Waals surface area contributed by atoms with Crippen molar-refractivity contribution in [2.24, 2.45) is 5.41 Å². The van der Waals surface area contributed by atoms with Gasteiger partial charge in [-0.15, -0.1) is 0 Å². The van der Waals surface area contributed by atoms with Crippen LogP contribution in [0.5, 0.6) is 0 Å². The topological polar surface area (TPSA) is 0 Å². The van der Waals surface area contributed by atoms with Crippen LogP contribution in [0.3, 0.4) is 0 Å². The summed E-state index contributed by atoms with van der Waals surface area (Å²) in [5.41, 5.74) is -0.890. The lowest BCUT2D eigenvalue weighted by molar-refractivity contribution is -0.0893. The van der Waals surface area contributed by atoms with Crippen LogP contribution in [0.2, 0.25) is 0 Å². The average Bonchev–Trinajstić information content (AvgIpc) is 1.83. The molecule has 0 N–H and O–H groups in total. The fourth-order valence-corrected chi connectivity index (χ4v) is 1.19. The van der Waals surface area contributed by atoms with E-state index in [0.717, 1.165) is 6.08 Å². The molecule has 0 aliphatic heterocycles. The first-order valence-corrected chi connectivity index (χ1v) is 3.78. The Morgan fingerprint density at radius 2 is 1.92 bits per heavy atom. The zero-order chi connectivity index (χ0) is 9.41. The van der Waals surface area contributed by atoms with Gasteiger partial charge in [-0.05, 0) is 11.8 Å². The molecule has 0 saturated carbocycles. The van der Waals surface area contributed by atoms with Crippen molar-refractivity contribution in [3.05, 3.63) is 23.8 Å². The van der Waals surface area contributed by atoms with Crippen molar-refractivity contribution in [2.75, 3.05) is 0 Å². The zero-order valence-corrected chi connectivity index (χ0v) is 7.07. The molecule has 0 spiro atoms. The summed E-state index contributed by atoms with van der Waals surface area (Å²) in [5, 5.41) is 0. The number of hydrogen-bond acceptors (Lipinski definition) is 0. The lowest BCUT2D eigenvalue weighted by atomic mass is 9.83. The Morgan fingerprint density at radius 1 is 1.33 bits per heavy atom. The molecule has 0 radical (unpaired) electrons. The second kappa shape index (κ2) is 2.64. The molecule has 0 nitrogen and oxygen atoms in total. The first-order chi connectivity index (χ1) is 5.31. The third kappa shape index (κ3) is 2.13. The molecule has 12 heavy (non-hydrogen) atoms. The molecule has 68 valence electrons. The standard InChI is InChI=1S/C9H11F3/c1-8(2)5-3-4-7(6-8)9(10,11)12/h3-4,6H,5H2,1-2H3. The van der Waals surface area contributed by atoms with Gasteiger partial charge in [0.05, 0.1) is 5.57 Å². The van der Waals surface area contributed by atoms with Gasteiger partial charge in [-0.3, -0.25) is 0 Å². The van der Waals surface area contributed by atoms with Gasteiger partial charge in [0, 0.05) is 0 Å². The van der Waals surface area contributed by atoms with Crippen LogP contribution < -0.4 is 0 Å². The summed E-state index contributed by atoms with van der Waals surface area (Å²) in [5.74, 6) is 0. The number of halogens is 3. The Balaban J connectivity index is 2.92. The highest BCUT2D eigenvalue weighted by molar-refractivity contribution is 5.29. The number of alkyl halides is 3. The van der Waals surface area contributed by atoms with E-state index in [1.807, 2.05) is 0 Å². The van der Waals surface area contributed by atoms with Crippen LogP contribution in [0.4, 0.5) is 13.2 Å². The highest BCUT2D eigenvalue weighted by Crippen LogP contribution is 2.36. The molecule has 0 unspecified atom stereocenters. The summed E-state index contributed by atoms with van der Waals surface area (Å²) in [7, 11) is 0. The first-order valence-electron chi connectivity index (χ1n) is 3.78. The quantitative estimate of drug-likeness (QED) is 0.530. The lowest BCUT2D eigenvalue weighted by Crippen LogP contribution is -2.18. The normalized spacial score (nSPS) is 22.2. The van der Waals surface area contributed by atoms with Gasteiger partial charge in [0.25, 0.3) is 0 Å². The Kier molecular flexibility index (Phi) is 2.06. The molecule has 0 aromatic carbocycles. The molecule has 0 amide bonds. The van der Waals surface area contributed by atoms with Crippen molar-refractivity contribution in [2.45, 2.75) is 26.4 Å². The molecule has 1 aliphatic rings. The van der Waals surface area contributed by atoms with Crippen LogP contribution >= 0.6 is 0 Å². The number of allylic oxidation sites excluding steroid dienone is 4. The number of hydrogen-bond donors (Lipinski definition) is 0. The maximum absolute atomic E-state index is 12.2. The smallest absolute Gasteiger partial charge is 0.166 e. The van der Waals surface area contributed by atoms with Gasteiger partial charge < -0.3 is 0 Å². The predicted molar refractivity (Wildman–Crippen MR) is 41.7 cm³/mol. The highest BCUT2D eigenvalue weighted by atomic mass is 19.4. The molecule has 1 aliphatic carbocycles. The Bertz CT molecular complexity index is 227. The fraction of sp³-hybridized carbons (Fsp3) is 0.556. The van der Waals surface area contributed by atoms with Crippen molar-refractivity contribution in [3.63, 3.8) is 0 Å². The molecule has 0 aromatic heterocycles. The van der Waals surface area contributed by atoms with E-state index in [1.165, 1.54) is 6.08 Å². The van der Waals surface area contributed by atoms with Crippen molar-refractivity contribution in [1.29, 1.82) is 0 Å². The minimum atomic E-state index is -4.20. The van der Waals surface area contributed by atoms with E-state index in [1.54, 1.807) is 19.9 Å². The van der Waals surface area contributed by atoms with E-state index < -0.39 is 11.7 Å². The molecule has 0 fully saturated rings. The van der Waals surface area contributed by atoms with E-state index in [0.29, 0.717) is 6.42 Å². The minimum Gasteiger partial charge on any atom is -0.166 e. The van der Waals surface area contributed by atoms with Crippen LogP contribution in [0.15, 0.2) is 23.8 Å². The molecule has 0 bridgehead atoms. The highest BCUT2D eigenvalue weighted by Gasteiger charge is 2.34. The van der Waals surface area contributed by atoms with Crippen LogP contribution in [0, 0.1) is 5.41 Å². The first kappa shape index (κ1) is 9.36. The Morgan fingerprint density at radius 3 is 2.25 bits per heavy atom. The summed E-state index contributed by atoms with van der Waals surface area (Å²) in [4.78, 5) is 0. The van der Waals surface area contributed by atoms with Crippen LogP contribution in [0.1, 0.15) is 20.3 Å². The SMILES string of the molecule is CC1(C)C=C(C(F)(F)F)C=CC1. The summed E-state index contributed by atoms with van der Waals surface area (Å²) >= 11 is 0. The maximum Gasteiger partial charge on any atom is 0.416 e. The zero-order valence-electron chi connectivity index (χ0n) is 7.07. The molecule has 0 heterocycles. The average molecular weight is 176 g/mol. The van der Waals surface area contributed by atoms with Crippen molar-refractivity contribution in [1.82, 2.24) is 0 Å². The molecule has 0 aromatic rings. The summed E-state index contributed by atoms with van der Waals surface area (Å²) in [6, 6.07) is 0. The second-order valence-corrected chi connectivity index (χ2v) is 3.69. The summed E-state index contributed by atoms with van der Waals surface area (Å²) in [6.07, 6.45) is 0.474. The van der Waals surface area contributed by atoms with Gasteiger partial charge in [-0.2, -0.15) is 13.2 Å². The third-order valence-corrected chi connectivity index (χ3v) is 1.81. The van der Waals surface area contributed by atoms with Gasteiger partial charge in [-0.1, -0.05) is 32.1 Å². The molecule has 1 rings (SSSR count). The predicted octanol–water partition coefficient (Wildman–Crippen LogP) is 3.46.